The highest BCUT2D eigenvalue weighted by Gasteiger charge is 2.39. The molecule has 0 radical (unpaired) electrons. The third-order valence-corrected chi connectivity index (χ3v) is 6.53. The van der Waals surface area contributed by atoms with Crippen LogP contribution in [0, 0.1) is 0 Å². The first-order valence-corrected chi connectivity index (χ1v) is 11.1. The van der Waals surface area contributed by atoms with Crippen molar-refractivity contribution < 1.29 is 19.1 Å². The molecule has 1 aromatic heterocycles. The minimum Gasteiger partial charge on any atom is -0.489 e. The average Bonchev–Trinajstić information content (AvgIpc) is 3.37. The summed E-state index contributed by atoms with van der Waals surface area (Å²) < 4.78 is 6.32. The lowest BCUT2D eigenvalue weighted by Crippen LogP contribution is -2.52. The molecule has 2 aliphatic heterocycles. The number of pyridine rings is 1. The topological polar surface area (TPSA) is 101 Å². The van der Waals surface area contributed by atoms with Crippen LogP contribution in [-0.4, -0.2) is 45.8 Å². The zero-order valence-corrected chi connectivity index (χ0v) is 17.8. The van der Waals surface area contributed by atoms with Crippen molar-refractivity contribution in [2.45, 2.75) is 63.4 Å². The van der Waals surface area contributed by atoms with E-state index >= 15 is 0 Å². The van der Waals surface area contributed by atoms with Gasteiger partial charge in [-0.05, 0) is 61.1 Å². The van der Waals surface area contributed by atoms with Crippen LogP contribution in [0.1, 0.15) is 53.6 Å². The van der Waals surface area contributed by atoms with Crippen molar-refractivity contribution >= 4 is 17.7 Å². The highest BCUT2D eigenvalue weighted by atomic mass is 16.5. The molecule has 0 spiro atoms. The number of carbonyl (C=O) groups is 3. The van der Waals surface area contributed by atoms with Crippen molar-refractivity contribution in [2.24, 2.45) is 0 Å². The van der Waals surface area contributed by atoms with E-state index in [1.807, 2.05) is 24.4 Å². The van der Waals surface area contributed by atoms with Gasteiger partial charge < -0.3 is 15.0 Å². The van der Waals surface area contributed by atoms with Crippen LogP contribution in [0.4, 0.5) is 0 Å². The van der Waals surface area contributed by atoms with Crippen LogP contribution in [0.2, 0.25) is 0 Å². The van der Waals surface area contributed by atoms with Crippen LogP contribution in [0.15, 0.2) is 42.7 Å². The first kappa shape index (κ1) is 20.6. The van der Waals surface area contributed by atoms with Gasteiger partial charge in [-0.25, -0.2) is 0 Å². The van der Waals surface area contributed by atoms with Gasteiger partial charge in [-0.15, -0.1) is 0 Å². The van der Waals surface area contributed by atoms with Crippen LogP contribution in [0.5, 0.6) is 5.75 Å². The second kappa shape index (κ2) is 8.70. The van der Waals surface area contributed by atoms with E-state index in [0.717, 1.165) is 42.7 Å². The molecule has 1 saturated carbocycles. The first-order chi connectivity index (χ1) is 15.6. The highest BCUT2D eigenvalue weighted by molar-refractivity contribution is 6.05. The smallest absolute Gasteiger partial charge is 0.255 e. The maximum Gasteiger partial charge on any atom is 0.255 e. The lowest BCUT2D eigenvalue weighted by Gasteiger charge is -2.29. The molecule has 8 nitrogen and oxygen atoms in total. The van der Waals surface area contributed by atoms with E-state index in [-0.39, 0.29) is 30.4 Å². The molecule has 0 bridgehead atoms. The number of nitrogens with zero attached hydrogens (tertiary/aromatic N) is 2. The quantitative estimate of drug-likeness (QED) is 0.674. The van der Waals surface area contributed by atoms with Gasteiger partial charge in [0, 0.05) is 43.5 Å². The van der Waals surface area contributed by atoms with Gasteiger partial charge in [0.15, 0.2) is 0 Å². The fourth-order valence-electron chi connectivity index (χ4n) is 4.85. The fourth-order valence-corrected chi connectivity index (χ4v) is 4.85. The Balaban J connectivity index is 1.24. The lowest BCUT2D eigenvalue weighted by atomic mass is 10.0. The number of imide groups is 1. The van der Waals surface area contributed by atoms with Gasteiger partial charge in [-0.2, -0.15) is 0 Å². The minimum atomic E-state index is -0.604. The molecule has 3 unspecified atom stereocenters. The van der Waals surface area contributed by atoms with Crippen molar-refractivity contribution in [3.05, 3.63) is 59.4 Å². The maximum atomic E-state index is 12.9. The summed E-state index contributed by atoms with van der Waals surface area (Å²) in [5.41, 5.74) is 2.59. The number of ether oxygens (including phenoxy) is 1. The minimum absolute atomic E-state index is 0.0630. The monoisotopic (exact) mass is 434 g/mol. The zero-order valence-electron chi connectivity index (χ0n) is 17.8. The van der Waals surface area contributed by atoms with Crippen LogP contribution in [0.25, 0.3) is 0 Å². The summed E-state index contributed by atoms with van der Waals surface area (Å²) >= 11 is 0. The summed E-state index contributed by atoms with van der Waals surface area (Å²) in [5, 5.41) is 5.92. The molecule has 8 heteroatoms. The summed E-state index contributed by atoms with van der Waals surface area (Å²) in [6.07, 6.45) is 7.44. The number of carbonyl (C=O) groups excluding carboxylic acids is 3. The van der Waals surface area contributed by atoms with Crippen molar-refractivity contribution in [3.63, 3.8) is 0 Å². The summed E-state index contributed by atoms with van der Waals surface area (Å²) in [4.78, 5) is 42.2. The highest BCUT2D eigenvalue weighted by Crippen LogP contribution is 2.32. The molecule has 2 fully saturated rings. The second-order valence-corrected chi connectivity index (χ2v) is 8.65. The van der Waals surface area contributed by atoms with Crippen LogP contribution in [-0.2, 0) is 22.7 Å². The van der Waals surface area contributed by atoms with Crippen molar-refractivity contribution in [2.75, 3.05) is 0 Å². The number of hydrogen-bond donors (Lipinski definition) is 2. The van der Waals surface area contributed by atoms with E-state index in [4.69, 9.17) is 4.74 Å². The summed E-state index contributed by atoms with van der Waals surface area (Å²) in [6.45, 7) is 1.10. The summed E-state index contributed by atoms with van der Waals surface area (Å²) in [7, 11) is 0. The van der Waals surface area contributed by atoms with Crippen LogP contribution < -0.4 is 15.4 Å². The SMILES string of the molecule is O=C1CCC(N2Cc3cc(OC4CCCC4NCc4cccnc4)ccc3C2=O)C(=O)N1. The molecule has 5 rings (SSSR count). The molecular weight excluding hydrogens is 408 g/mol. The molecule has 166 valence electrons. The predicted octanol–water partition coefficient (Wildman–Crippen LogP) is 1.93. The Bertz CT molecular complexity index is 1040. The maximum absolute atomic E-state index is 12.9. The third-order valence-electron chi connectivity index (χ3n) is 6.53. The Kier molecular flexibility index (Phi) is 5.61. The number of nitrogens with one attached hydrogen (secondary N) is 2. The summed E-state index contributed by atoms with van der Waals surface area (Å²) in [5.74, 6) is -0.110. The van der Waals surface area contributed by atoms with Crippen LogP contribution in [0.3, 0.4) is 0 Å². The molecule has 3 atom stereocenters. The Labute approximate surface area is 186 Å². The van der Waals surface area contributed by atoms with Crippen LogP contribution >= 0.6 is 0 Å². The average molecular weight is 434 g/mol. The Morgan fingerprint density at radius 2 is 2.06 bits per heavy atom. The number of aromatic nitrogens is 1. The van der Waals surface area contributed by atoms with Crippen molar-refractivity contribution in [3.8, 4) is 5.75 Å². The van der Waals surface area contributed by atoms with E-state index in [0.29, 0.717) is 18.5 Å². The molecule has 3 heterocycles. The van der Waals surface area contributed by atoms with E-state index in [1.54, 1.807) is 17.2 Å². The molecule has 32 heavy (non-hydrogen) atoms. The fraction of sp³-hybridized carbons (Fsp3) is 0.417. The molecule has 1 aliphatic carbocycles. The largest absolute Gasteiger partial charge is 0.489 e. The Hall–Kier alpha value is -3.26. The third kappa shape index (κ3) is 4.10. The van der Waals surface area contributed by atoms with Crippen molar-refractivity contribution in [1.82, 2.24) is 20.5 Å². The van der Waals surface area contributed by atoms with E-state index < -0.39 is 11.9 Å². The van der Waals surface area contributed by atoms with Gasteiger partial charge in [0.1, 0.15) is 17.9 Å². The van der Waals surface area contributed by atoms with Gasteiger partial charge in [0.25, 0.3) is 5.91 Å². The van der Waals surface area contributed by atoms with Gasteiger partial charge in [0.05, 0.1) is 0 Å². The van der Waals surface area contributed by atoms with Gasteiger partial charge in [-0.3, -0.25) is 24.7 Å². The first-order valence-electron chi connectivity index (χ1n) is 11.1. The Morgan fingerprint density at radius 3 is 2.88 bits per heavy atom. The van der Waals surface area contributed by atoms with E-state index in [2.05, 4.69) is 21.7 Å². The normalized spacial score (nSPS) is 25.1. The molecule has 1 aromatic carbocycles. The predicted molar refractivity (Wildman–Crippen MR) is 116 cm³/mol. The Morgan fingerprint density at radius 1 is 1.16 bits per heavy atom. The molecule has 3 amide bonds. The standard InChI is InChI=1S/C24H26N4O4/c29-22-9-8-20(23(30)27-22)28-14-16-11-17(6-7-18(16)24(28)31)32-21-5-1-4-19(21)26-13-15-3-2-10-25-12-15/h2-3,6-7,10-12,19-21,26H,1,4-5,8-9,13-14H2,(H,27,29,30). The summed E-state index contributed by atoms with van der Waals surface area (Å²) in [6, 6.07) is 9.17. The van der Waals surface area contributed by atoms with Gasteiger partial charge in [0.2, 0.25) is 11.8 Å². The lowest BCUT2D eigenvalue weighted by molar-refractivity contribution is -0.136. The van der Waals surface area contributed by atoms with Gasteiger partial charge in [-0.1, -0.05) is 6.07 Å². The van der Waals surface area contributed by atoms with E-state index in [1.165, 1.54) is 0 Å². The number of benzene rings is 1. The zero-order chi connectivity index (χ0) is 22.1. The number of amides is 3. The van der Waals surface area contributed by atoms with Crippen molar-refractivity contribution in [1.29, 1.82) is 0 Å². The van der Waals surface area contributed by atoms with Gasteiger partial charge >= 0.3 is 0 Å². The van der Waals surface area contributed by atoms with E-state index in [9.17, 15) is 14.4 Å². The molecule has 1 saturated heterocycles. The molecule has 2 N–H and O–H groups in total. The second-order valence-electron chi connectivity index (χ2n) is 8.65. The number of rotatable bonds is 6. The number of hydrogen-bond acceptors (Lipinski definition) is 6. The number of piperidine rings is 1. The molecule has 3 aliphatic rings. The number of fused-ring (bicyclic) bond motifs is 1. The molecular formula is C24H26N4O4. The molecule has 2 aromatic rings.